The van der Waals surface area contributed by atoms with Crippen molar-refractivity contribution in [1.29, 1.82) is 0 Å². The number of hydrogen-bond donors (Lipinski definition) is 1. The summed E-state index contributed by atoms with van der Waals surface area (Å²) in [5, 5.41) is 3.69. The Labute approximate surface area is 239 Å². The first-order valence-corrected chi connectivity index (χ1v) is 14.1. The van der Waals surface area contributed by atoms with Gasteiger partial charge in [-0.15, -0.1) is 0 Å². The summed E-state index contributed by atoms with van der Waals surface area (Å²) in [6.45, 7) is 2.39. The number of carbonyl (C=O) groups excluding carboxylic acids is 4. The summed E-state index contributed by atoms with van der Waals surface area (Å²) in [5.74, 6) is -1.84. The van der Waals surface area contributed by atoms with Gasteiger partial charge in [0, 0.05) is 48.1 Å². The van der Waals surface area contributed by atoms with Crippen LogP contribution in [-0.2, 0) is 32.1 Å². The predicted octanol–water partition coefficient (Wildman–Crippen LogP) is 4.80. The summed E-state index contributed by atoms with van der Waals surface area (Å²) in [4.78, 5) is 55.9. The molecule has 39 heavy (non-hydrogen) atoms. The SMILES string of the molecule is CCCNC(=O)[C@@H](Cc1ccccc1)N(Cc1c(Cl)cccc1Cl)C(=O)CCN1C(=O)[C@H]2CC=CC[C@H]2C1=O. The highest BCUT2D eigenvalue weighted by atomic mass is 35.5. The summed E-state index contributed by atoms with van der Waals surface area (Å²) in [6, 6.07) is 13.7. The van der Waals surface area contributed by atoms with E-state index >= 15 is 0 Å². The first-order valence-electron chi connectivity index (χ1n) is 13.4. The Bertz CT molecular complexity index is 1200. The number of likely N-dealkylation sites (tertiary alicyclic amines) is 1. The average Bonchev–Trinajstić information content (AvgIpc) is 3.19. The quantitative estimate of drug-likeness (QED) is 0.311. The van der Waals surface area contributed by atoms with Crippen LogP contribution in [-0.4, -0.2) is 52.6 Å². The van der Waals surface area contributed by atoms with Crippen molar-refractivity contribution < 1.29 is 19.2 Å². The normalized spacial score (nSPS) is 19.1. The Morgan fingerprint density at radius 2 is 1.59 bits per heavy atom. The number of hydrogen-bond acceptors (Lipinski definition) is 4. The highest BCUT2D eigenvalue weighted by molar-refractivity contribution is 6.36. The van der Waals surface area contributed by atoms with E-state index in [1.165, 1.54) is 9.80 Å². The van der Waals surface area contributed by atoms with E-state index in [9.17, 15) is 19.2 Å². The summed E-state index contributed by atoms with van der Waals surface area (Å²) in [6.07, 6.45) is 5.84. The van der Waals surface area contributed by atoms with Crippen molar-refractivity contribution in [1.82, 2.24) is 15.1 Å². The average molecular weight is 571 g/mol. The summed E-state index contributed by atoms with van der Waals surface area (Å²) in [7, 11) is 0. The molecular weight excluding hydrogens is 537 g/mol. The Balaban J connectivity index is 1.61. The van der Waals surface area contributed by atoms with Gasteiger partial charge < -0.3 is 10.2 Å². The number of rotatable bonds is 11. The zero-order chi connectivity index (χ0) is 27.9. The van der Waals surface area contributed by atoms with Crippen LogP contribution in [0.4, 0.5) is 0 Å². The van der Waals surface area contributed by atoms with Gasteiger partial charge in [-0.1, -0.05) is 78.7 Å². The van der Waals surface area contributed by atoms with E-state index in [-0.39, 0.29) is 61.4 Å². The van der Waals surface area contributed by atoms with Crippen LogP contribution in [0.5, 0.6) is 0 Å². The molecule has 9 heteroatoms. The van der Waals surface area contributed by atoms with Crippen LogP contribution in [0, 0.1) is 11.8 Å². The van der Waals surface area contributed by atoms with Crippen LogP contribution < -0.4 is 5.32 Å². The molecule has 2 aliphatic rings. The Morgan fingerprint density at radius 3 is 2.18 bits per heavy atom. The maximum Gasteiger partial charge on any atom is 0.243 e. The number of nitrogens with one attached hydrogen (secondary N) is 1. The largest absolute Gasteiger partial charge is 0.354 e. The van der Waals surface area contributed by atoms with Crippen molar-refractivity contribution in [3.63, 3.8) is 0 Å². The first kappa shape index (κ1) is 28.8. The van der Waals surface area contributed by atoms with Gasteiger partial charge in [0.25, 0.3) is 0 Å². The molecule has 1 fully saturated rings. The minimum Gasteiger partial charge on any atom is -0.354 e. The predicted molar refractivity (Wildman–Crippen MR) is 151 cm³/mol. The smallest absolute Gasteiger partial charge is 0.243 e. The minimum atomic E-state index is -0.851. The molecule has 1 heterocycles. The van der Waals surface area contributed by atoms with E-state index in [2.05, 4.69) is 5.32 Å². The maximum atomic E-state index is 13.9. The van der Waals surface area contributed by atoms with Gasteiger partial charge in [0.05, 0.1) is 11.8 Å². The molecule has 0 radical (unpaired) electrons. The number of benzene rings is 2. The van der Waals surface area contributed by atoms with Crippen LogP contribution in [0.3, 0.4) is 0 Å². The lowest BCUT2D eigenvalue weighted by Crippen LogP contribution is -2.51. The van der Waals surface area contributed by atoms with E-state index in [1.54, 1.807) is 18.2 Å². The van der Waals surface area contributed by atoms with Crippen molar-refractivity contribution >= 4 is 46.8 Å². The van der Waals surface area contributed by atoms with E-state index < -0.39 is 6.04 Å². The van der Waals surface area contributed by atoms with E-state index in [0.717, 1.165) is 12.0 Å². The highest BCUT2D eigenvalue weighted by Gasteiger charge is 2.47. The number of imide groups is 1. The number of amides is 4. The number of fused-ring (bicyclic) bond motifs is 1. The molecule has 0 aromatic heterocycles. The van der Waals surface area contributed by atoms with Gasteiger partial charge in [-0.05, 0) is 37.0 Å². The van der Waals surface area contributed by atoms with Crippen molar-refractivity contribution in [2.45, 2.75) is 51.6 Å². The van der Waals surface area contributed by atoms with Gasteiger partial charge >= 0.3 is 0 Å². The van der Waals surface area contributed by atoms with Crippen LogP contribution in [0.2, 0.25) is 10.0 Å². The van der Waals surface area contributed by atoms with E-state index in [4.69, 9.17) is 23.2 Å². The van der Waals surface area contributed by atoms with Gasteiger partial charge in [-0.25, -0.2) is 0 Å². The third kappa shape index (κ3) is 6.71. The second-order valence-electron chi connectivity index (χ2n) is 9.95. The lowest BCUT2D eigenvalue weighted by molar-refractivity contribution is -0.144. The Kier molecular flexibility index (Phi) is 9.81. The molecule has 1 aliphatic carbocycles. The second kappa shape index (κ2) is 13.3. The molecule has 0 bridgehead atoms. The molecular formula is C30H33Cl2N3O4. The fourth-order valence-electron chi connectivity index (χ4n) is 5.21. The molecule has 1 N–H and O–H groups in total. The molecule has 7 nitrogen and oxygen atoms in total. The standard InChI is InChI=1S/C30H33Cl2N3O4/c1-2-16-33-28(37)26(18-20-9-4-3-5-10-20)35(19-23-24(31)13-8-14-25(23)32)27(36)15-17-34-29(38)21-11-6-7-12-22(21)30(34)39/h3-10,13-14,21-22,26H,2,11-12,15-19H2,1H3,(H,33,37)/t21-,22+,26-/m1/s1. The molecule has 2 aromatic carbocycles. The Morgan fingerprint density at radius 1 is 0.974 bits per heavy atom. The van der Waals surface area contributed by atoms with Crippen molar-refractivity contribution in [2.24, 2.45) is 11.8 Å². The van der Waals surface area contributed by atoms with E-state index in [1.807, 2.05) is 49.4 Å². The molecule has 1 aliphatic heterocycles. The van der Waals surface area contributed by atoms with Gasteiger partial charge in [-0.2, -0.15) is 0 Å². The van der Waals surface area contributed by atoms with Crippen LogP contribution in [0.15, 0.2) is 60.7 Å². The fraction of sp³-hybridized carbons (Fsp3) is 0.400. The number of allylic oxidation sites excluding steroid dienone is 2. The van der Waals surface area contributed by atoms with Crippen LogP contribution in [0.25, 0.3) is 0 Å². The van der Waals surface area contributed by atoms with Crippen LogP contribution in [0.1, 0.15) is 43.7 Å². The molecule has 4 rings (SSSR count). The topological polar surface area (TPSA) is 86.8 Å². The molecule has 0 saturated carbocycles. The lowest BCUT2D eigenvalue weighted by atomic mass is 9.85. The van der Waals surface area contributed by atoms with Crippen molar-refractivity contribution in [3.8, 4) is 0 Å². The minimum absolute atomic E-state index is 0.00540. The zero-order valence-electron chi connectivity index (χ0n) is 21.9. The first-order chi connectivity index (χ1) is 18.8. The van der Waals surface area contributed by atoms with Crippen molar-refractivity contribution in [3.05, 3.63) is 81.9 Å². The number of halogens is 2. The number of nitrogens with zero attached hydrogens (tertiary/aromatic N) is 2. The van der Waals surface area contributed by atoms with Crippen molar-refractivity contribution in [2.75, 3.05) is 13.1 Å². The summed E-state index contributed by atoms with van der Waals surface area (Å²) >= 11 is 12.9. The zero-order valence-corrected chi connectivity index (χ0v) is 23.5. The van der Waals surface area contributed by atoms with Crippen LogP contribution >= 0.6 is 23.2 Å². The van der Waals surface area contributed by atoms with E-state index in [0.29, 0.717) is 35.0 Å². The second-order valence-corrected chi connectivity index (χ2v) is 10.8. The molecule has 1 saturated heterocycles. The van der Waals surface area contributed by atoms with Gasteiger partial charge in [0.2, 0.25) is 23.6 Å². The molecule has 0 unspecified atom stereocenters. The molecule has 206 valence electrons. The summed E-state index contributed by atoms with van der Waals surface area (Å²) < 4.78 is 0. The maximum absolute atomic E-state index is 13.9. The molecule has 0 spiro atoms. The summed E-state index contributed by atoms with van der Waals surface area (Å²) in [5.41, 5.74) is 1.42. The number of carbonyl (C=O) groups is 4. The highest BCUT2D eigenvalue weighted by Crippen LogP contribution is 2.35. The lowest BCUT2D eigenvalue weighted by Gasteiger charge is -2.32. The van der Waals surface area contributed by atoms with Gasteiger partial charge in [0.1, 0.15) is 6.04 Å². The third-order valence-electron chi connectivity index (χ3n) is 7.36. The fourth-order valence-corrected chi connectivity index (χ4v) is 5.73. The Hall–Kier alpha value is -3.16. The molecule has 2 aromatic rings. The third-order valence-corrected chi connectivity index (χ3v) is 8.07. The molecule has 3 atom stereocenters. The van der Waals surface area contributed by atoms with Gasteiger partial charge in [-0.3, -0.25) is 24.1 Å². The van der Waals surface area contributed by atoms with Gasteiger partial charge in [0.15, 0.2) is 0 Å². The monoisotopic (exact) mass is 569 g/mol. The molecule has 4 amide bonds.